The Balaban J connectivity index is 1.47. The van der Waals surface area contributed by atoms with E-state index >= 15 is 0 Å². The Morgan fingerprint density at radius 2 is 1.90 bits per heavy atom. The molecule has 0 saturated heterocycles. The lowest BCUT2D eigenvalue weighted by molar-refractivity contribution is -0.139. The van der Waals surface area contributed by atoms with Crippen molar-refractivity contribution in [2.45, 2.75) is 6.61 Å². The van der Waals surface area contributed by atoms with Gasteiger partial charge in [0, 0.05) is 12.1 Å². The van der Waals surface area contributed by atoms with Crippen molar-refractivity contribution >= 4 is 38.6 Å². The summed E-state index contributed by atoms with van der Waals surface area (Å²) in [5.74, 6) is 0.628. The fourth-order valence-corrected chi connectivity index (χ4v) is 4.06. The molecule has 0 atom stereocenters. The highest BCUT2D eigenvalue weighted by atomic mass is 32.1. The molecule has 30 heavy (non-hydrogen) atoms. The second-order valence-electron chi connectivity index (χ2n) is 6.33. The molecule has 0 aliphatic heterocycles. The monoisotopic (exact) mass is 422 g/mol. The quantitative estimate of drug-likeness (QED) is 0.348. The number of hydrogen-bond acceptors (Lipinski definition) is 7. The lowest BCUT2D eigenvalue weighted by Gasteiger charge is -2.07. The van der Waals surface area contributed by atoms with E-state index in [1.54, 1.807) is 42.9 Å². The van der Waals surface area contributed by atoms with Crippen molar-refractivity contribution in [1.29, 1.82) is 0 Å². The topological polar surface area (TPSA) is 79.1 Å². The van der Waals surface area contributed by atoms with Crippen LogP contribution in [0.2, 0.25) is 0 Å². The predicted octanol–water partition coefficient (Wildman–Crippen LogP) is 3.68. The van der Waals surface area contributed by atoms with Gasteiger partial charge >= 0.3 is 5.97 Å². The number of carbonyl (C=O) groups excluding carboxylic acids is 1. The van der Waals surface area contributed by atoms with Gasteiger partial charge in [0.15, 0.2) is 16.5 Å². The predicted molar refractivity (Wildman–Crippen MR) is 115 cm³/mol. The molecule has 0 aliphatic carbocycles. The van der Waals surface area contributed by atoms with Crippen LogP contribution in [0, 0.1) is 0 Å². The van der Waals surface area contributed by atoms with E-state index in [1.165, 1.54) is 23.5 Å². The SMILES string of the molecule is COc1ccc(/C=C/C(=O)OCc2cc(=O)n3c(n2)sc2ccccc23)cc1OC. The number of hydrogen-bond donors (Lipinski definition) is 0. The number of esters is 1. The van der Waals surface area contributed by atoms with Crippen LogP contribution >= 0.6 is 11.3 Å². The Kier molecular flexibility index (Phi) is 5.49. The van der Waals surface area contributed by atoms with E-state index < -0.39 is 5.97 Å². The molecule has 4 aromatic rings. The van der Waals surface area contributed by atoms with Crippen LogP contribution in [-0.4, -0.2) is 29.6 Å². The molecule has 0 N–H and O–H groups in total. The summed E-state index contributed by atoms with van der Waals surface area (Å²) < 4.78 is 18.2. The highest BCUT2D eigenvalue weighted by Crippen LogP contribution is 2.28. The Hall–Kier alpha value is -3.65. The zero-order chi connectivity index (χ0) is 21.1. The van der Waals surface area contributed by atoms with Gasteiger partial charge in [0.05, 0.1) is 30.1 Å². The van der Waals surface area contributed by atoms with E-state index in [0.717, 1.165) is 15.8 Å². The first kappa shape index (κ1) is 19.7. The first-order valence-corrected chi connectivity index (χ1v) is 9.88. The minimum atomic E-state index is -0.539. The molecule has 8 heteroatoms. The van der Waals surface area contributed by atoms with Gasteiger partial charge < -0.3 is 14.2 Å². The van der Waals surface area contributed by atoms with Crippen LogP contribution in [0.3, 0.4) is 0 Å². The van der Waals surface area contributed by atoms with Crippen LogP contribution < -0.4 is 15.0 Å². The minimum Gasteiger partial charge on any atom is -0.493 e. The molecular formula is C22H18N2O5S. The van der Waals surface area contributed by atoms with Crippen LogP contribution in [0.25, 0.3) is 21.3 Å². The van der Waals surface area contributed by atoms with E-state index in [2.05, 4.69) is 4.98 Å². The first-order valence-electron chi connectivity index (χ1n) is 9.06. The average molecular weight is 422 g/mol. The third-order valence-corrected chi connectivity index (χ3v) is 5.45. The average Bonchev–Trinajstić information content (AvgIpc) is 3.14. The zero-order valence-corrected chi connectivity index (χ0v) is 17.1. The van der Waals surface area contributed by atoms with Crippen molar-refractivity contribution < 1.29 is 19.0 Å². The molecule has 0 radical (unpaired) electrons. The molecule has 2 aromatic heterocycles. The highest BCUT2D eigenvalue weighted by Gasteiger charge is 2.10. The molecule has 4 rings (SSSR count). The number of nitrogens with zero attached hydrogens (tertiary/aromatic N) is 2. The van der Waals surface area contributed by atoms with Gasteiger partial charge in [-0.3, -0.25) is 9.20 Å². The normalized spacial score (nSPS) is 11.3. The van der Waals surface area contributed by atoms with Gasteiger partial charge in [0.1, 0.15) is 6.61 Å². The number of fused-ring (bicyclic) bond motifs is 3. The van der Waals surface area contributed by atoms with Gasteiger partial charge in [-0.2, -0.15) is 0 Å². The van der Waals surface area contributed by atoms with Crippen LogP contribution in [-0.2, 0) is 16.1 Å². The standard InChI is InChI=1S/C22H18N2O5S/c1-27-17-9-7-14(11-18(17)28-2)8-10-21(26)29-13-15-12-20(25)24-16-5-3-4-6-19(16)30-22(24)23-15/h3-12H,13H2,1-2H3/b10-8+. The van der Waals surface area contributed by atoms with Crippen molar-refractivity contribution in [2.24, 2.45) is 0 Å². The maximum Gasteiger partial charge on any atom is 0.331 e. The first-order chi connectivity index (χ1) is 14.6. The molecule has 0 saturated carbocycles. The molecule has 152 valence electrons. The molecule has 2 heterocycles. The molecule has 2 aromatic carbocycles. The van der Waals surface area contributed by atoms with Crippen LogP contribution in [0.5, 0.6) is 11.5 Å². The summed E-state index contributed by atoms with van der Waals surface area (Å²) in [5.41, 5.74) is 1.77. The second kappa shape index (κ2) is 8.38. The number of rotatable bonds is 6. The smallest absolute Gasteiger partial charge is 0.331 e. The largest absolute Gasteiger partial charge is 0.493 e. The van der Waals surface area contributed by atoms with E-state index in [1.807, 2.05) is 24.3 Å². The minimum absolute atomic E-state index is 0.0882. The lowest BCUT2D eigenvalue weighted by Crippen LogP contribution is -2.14. The number of para-hydroxylation sites is 1. The maximum atomic E-state index is 12.5. The maximum absolute atomic E-state index is 12.5. The molecule has 0 amide bonds. The third-order valence-electron chi connectivity index (χ3n) is 4.43. The Labute approximate surface area is 175 Å². The molecule has 0 bridgehead atoms. The molecule has 7 nitrogen and oxygen atoms in total. The second-order valence-corrected chi connectivity index (χ2v) is 7.34. The summed E-state index contributed by atoms with van der Waals surface area (Å²) in [6.07, 6.45) is 2.92. The number of ether oxygens (including phenoxy) is 3. The van der Waals surface area contributed by atoms with Gasteiger partial charge in [-0.1, -0.05) is 29.5 Å². The molecular weight excluding hydrogens is 404 g/mol. The fraction of sp³-hybridized carbons (Fsp3) is 0.136. The molecule has 0 spiro atoms. The number of carbonyl (C=O) groups is 1. The number of aromatic nitrogens is 2. The summed E-state index contributed by atoms with van der Waals surface area (Å²) in [5, 5.41) is 0. The Morgan fingerprint density at radius 1 is 1.10 bits per heavy atom. The van der Waals surface area contributed by atoms with E-state index in [9.17, 15) is 9.59 Å². The Bertz CT molecular complexity index is 1320. The van der Waals surface area contributed by atoms with Crippen molar-refractivity contribution in [2.75, 3.05) is 14.2 Å². The van der Waals surface area contributed by atoms with Crippen molar-refractivity contribution in [3.8, 4) is 11.5 Å². The summed E-state index contributed by atoms with van der Waals surface area (Å²) in [7, 11) is 3.10. The summed E-state index contributed by atoms with van der Waals surface area (Å²) in [6.45, 7) is -0.0882. The van der Waals surface area contributed by atoms with Crippen molar-refractivity contribution in [3.63, 3.8) is 0 Å². The molecule has 0 unspecified atom stereocenters. The molecule has 0 fully saturated rings. The van der Waals surface area contributed by atoms with Crippen LogP contribution in [0.15, 0.2) is 59.4 Å². The van der Waals surface area contributed by atoms with Gasteiger partial charge in [0.25, 0.3) is 5.56 Å². The summed E-state index contributed by atoms with van der Waals surface area (Å²) in [4.78, 5) is 29.6. The summed E-state index contributed by atoms with van der Waals surface area (Å²) >= 11 is 1.41. The Morgan fingerprint density at radius 3 is 2.70 bits per heavy atom. The number of methoxy groups -OCH3 is 2. The van der Waals surface area contributed by atoms with Gasteiger partial charge in [-0.25, -0.2) is 9.78 Å². The van der Waals surface area contributed by atoms with E-state index in [-0.39, 0.29) is 12.2 Å². The van der Waals surface area contributed by atoms with Crippen LogP contribution in [0.4, 0.5) is 0 Å². The van der Waals surface area contributed by atoms with Gasteiger partial charge in [0.2, 0.25) is 0 Å². The lowest BCUT2D eigenvalue weighted by atomic mass is 10.2. The van der Waals surface area contributed by atoms with Gasteiger partial charge in [-0.05, 0) is 35.9 Å². The third kappa shape index (κ3) is 3.90. The zero-order valence-electron chi connectivity index (χ0n) is 16.3. The summed E-state index contributed by atoms with van der Waals surface area (Å²) in [6, 6.07) is 14.3. The highest BCUT2D eigenvalue weighted by molar-refractivity contribution is 7.23. The van der Waals surface area contributed by atoms with Gasteiger partial charge in [-0.15, -0.1) is 0 Å². The van der Waals surface area contributed by atoms with Crippen molar-refractivity contribution in [3.05, 3.63) is 76.2 Å². The van der Waals surface area contributed by atoms with E-state index in [0.29, 0.717) is 22.2 Å². The molecule has 0 aliphatic rings. The van der Waals surface area contributed by atoms with Crippen LogP contribution in [0.1, 0.15) is 11.3 Å². The fourth-order valence-electron chi connectivity index (χ4n) is 3.01. The van der Waals surface area contributed by atoms with Crippen molar-refractivity contribution in [1.82, 2.24) is 9.38 Å². The number of thiazole rings is 1. The number of benzene rings is 2. The van der Waals surface area contributed by atoms with E-state index in [4.69, 9.17) is 14.2 Å².